The van der Waals surface area contributed by atoms with Gasteiger partial charge in [0.2, 0.25) is 16.9 Å². The Labute approximate surface area is 231 Å². The molecule has 10 nitrogen and oxygen atoms in total. The Balaban J connectivity index is 1.14. The van der Waals surface area contributed by atoms with E-state index in [2.05, 4.69) is 31.0 Å². The van der Waals surface area contributed by atoms with Gasteiger partial charge in [0, 0.05) is 18.6 Å². The molecule has 2 amide bonds. The number of amidine groups is 1. The molecule has 204 valence electrons. The van der Waals surface area contributed by atoms with Crippen LogP contribution in [0.5, 0.6) is 5.75 Å². The molecule has 1 aromatic heterocycles. The summed E-state index contributed by atoms with van der Waals surface area (Å²) in [6.07, 6.45) is 5.46. The SMILES string of the molecule is O=C(Cc1ccccc1)NC1=NN=C(CCCCc2nnc(NC(=O)Cc3cccc(OCCO)c3)s2)CC1. The van der Waals surface area contributed by atoms with Crippen molar-refractivity contribution in [2.45, 2.75) is 51.4 Å². The Kier molecular flexibility index (Phi) is 10.7. The summed E-state index contributed by atoms with van der Waals surface area (Å²) in [6.45, 7) is 0.145. The number of hydrogen-bond donors (Lipinski definition) is 3. The molecule has 11 heteroatoms. The summed E-state index contributed by atoms with van der Waals surface area (Å²) < 4.78 is 5.39. The van der Waals surface area contributed by atoms with Crippen LogP contribution in [-0.4, -0.2) is 51.9 Å². The van der Waals surface area contributed by atoms with Gasteiger partial charge in [-0.2, -0.15) is 5.10 Å². The zero-order valence-electron chi connectivity index (χ0n) is 21.6. The molecule has 0 spiro atoms. The summed E-state index contributed by atoms with van der Waals surface area (Å²) in [6, 6.07) is 16.8. The fourth-order valence-electron chi connectivity index (χ4n) is 4.01. The number of nitrogens with zero attached hydrogens (tertiary/aromatic N) is 4. The number of carbonyl (C=O) groups is 2. The van der Waals surface area contributed by atoms with Crippen LogP contribution in [0.25, 0.3) is 0 Å². The third-order valence-corrected chi connectivity index (χ3v) is 6.79. The van der Waals surface area contributed by atoms with Crippen LogP contribution in [0.2, 0.25) is 0 Å². The molecule has 0 bridgehead atoms. The van der Waals surface area contributed by atoms with E-state index in [1.54, 1.807) is 12.1 Å². The van der Waals surface area contributed by atoms with E-state index in [9.17, 15) is 9.59 Å². The zero-order valence-corrected chi connectivity index (χ0v) is 22.5. The molecule has 0 saturated heterocycles. The fraction of sp³-hybridized carbons (Fsp3) is 0.357. The maximum absolute atomic E-state index is 12.4. The lowest BCUT2D eigenvalue weighted by atomic mass is 10.1. The molecule has 1 aliphatic rings. The van der Waals surface area contributed by atoms with E-state index in [1.807, 2.05) is 42.5 Å². The van der Waals surface area contributed by atoms with Crippen LogP contribution in [0.3, 0.4) is 0 Å². The van der Waals surface area contributed by atoms with Gasteiger partial charge in [-0.15, -0.1) is 15.3 Å². The number of hydrogen-bond acceptors (Lipinski definition) is 9. The van der Waals surface area contributed by atoms with Crippen molar-refractivity contribution in [2.75, 3.05) is 18.5 Å². The van der Waals surface area contributed by atoms with E-state index in [-0.39, 0.29) is 31.4 Å². The van der Waals surface area contributed by atoms with Gasteiger partial charge in [-0.25, -0.2) is 0 Å². The Morgan fingerprint density at radius 1 is 0.872 bits per heavy atom. The minimum atomic E-state index is -0.177. The van der Waals surface area contributed by atoms with Gasteiger partial charge < -0.3 is 20.5 Å². The lowest BCUT2D eigenvalue weighted by Crippen LogP contribution is -2.33. The molecule has 2 heterocycles. The second kappa shape index (κ2) is 14.8. The van der Waals surface area contributed by atoms with Crippen LogP contribution in [0, 0.1) is 0 Å². The van der Waals surface area contributed by atoms with E-state index in [4.69, 9.17) is 9.84 Å². The zero-order chi connectivity index (χ0) is 27.3. The van der Waals surface area contributed by atoms with Gasteiger partial charge in [0.1, 0.15) is 23.2 Å². The number of rotatable bonds is 13. The topological polar surface area (TPSA) is 138 Å². The molecule has 0 unspecified atom stereocenters. The molecule has 0 fully saturated rings. The number of unbranched alkanes of at least 4 members (excludes halogenated alkanes) is 1. The predicted octanol–water partition coefficient (Wildman–Crippen LogP) is 3.71. The minimum Gasteiger partial charge on any atom is -0.491 e. The molecule has 2 aromatic carbocycles. The van der Waals surface area contributed by atoms with Gasteiger partial charge in [0.25, 0.3) is 0 Å². The van der Waals surface area contributed by atoms with Crippen LogP contribution >= 0.6 is 11.3 Å². The monoisotopic (exact) mass is 548 g/mol. The molecule has 0 saturated carbocycles. The Hall–Kier alpha value is -3.96. The molecular weight excluding hydrogens is 516 g/mol. The first-order chi connectivity index (χ1) is 19.1. The third-order valence-electron chi connectivity index (χ3n) is 5.90. The third kappa shape index (κ3) is 9.69. The number of nitrogens with one attached hydrogen (secondary N) is 2. The Morgan fingerprint density at radius 3 is 2.44 bits per heavy atom. The summed E-state index contributed by atoms with van der Waals surface area (Å²) >= 11 is 1.38. The normalized spacial score (nSPS) is 12.8. The molecule has 4 rings (SSSR count). The molecule has 39 heavy (non-hydrogen) atoms. The standard InChI is InChI=1S/C28H32N6O4S/c35-15-16-38-23-11-6-9-21(17-23)19-26(37)30-28-34-33-27(39-28)12-5-4-10-22-13-14-24(32-31-22)29-25(36)18-20-7-2-1-3-8-20/h1-3,6-9,11,17,35H,4-5,10,12-16,18-19H2,(H,29,32,36)(H,30,34,37). The summed E-state index contributed by atoms with van der Waals surface area (Å²) in [4.78, 5) is 24.6. The average Bonchev–Trinajstić information content (AvgIpc) is 3.38. The first-order valence-electron chi connectivity index (χ1n) is 13.0. The van der Waals surface area contributed by atoms with Crippen molar-refractivity contribution in [3.05, 3.63) is 70.7 Å². The maximum atomic E-state index is 12.4. The van der Waals surface area contributed by atoms with E-state index < -0.39 is 0 Å². The van der Waals surface area contributed by atoms with Gasteiger partial charge in [0.15, 0.2) is 0 Å². The second-order valence-electron chi connectivity index (χ2n) is 9.08. The highest BCUT2D eigenvalue weighted by atomic mass is 32.1. The highest BCUT2D eigenvalue weighted by Gasteiger charge is 2.14. The summed E-state index contributed by atoms with van der Waals surface area (Å²) in [5.41, 5.74) is 2.81. The lowest BCUT2D eigenvalue weighted by Gasteiger charge is -2.13. The van der Waals surface area contributed by atoms with Gasteiger partial charge in [-0.05, 0) is 48.9 Å². The molecule has 0 aliphatic carbocycles. The predicted molar refractivity (Wildman–Crippen MR) is 151 cm³/mol. The number of ether oxygens (including phenoxy) is 1. The number of aryl methyl sites for hydroxylation is 1. The van der Waals surface area contributed by atoms with Crippen molar-refractivity contribution >= 4 is 39.8 Å². The van der Waals surface area contributed by atoms with Gasteiger partial charge >= 0.3 is 0 Å². The largest absolute Gasteiger partial charge is 0.491 e. The van der Waals surface area contributed by atoms with Crippen molar-refractivity contribution in [1.82, 2.24) is 15.5 Å². The number of carbonyl (C=O) groups excluding carboxylic acids is 2. The highest BCUT2D eigenvalue weighted by molar-refractivity contribution is 7.15. The van der Waals surface area contributed by atoms with Crippen LogP contribution in [0.15, 0.2) is 64.8 Å². The average molecular weight is 549 g/mol. The minimum absolute atomic E-state index is 0.0644. The van der Waals surface area contributed by atoms with E-state index in [0.717, 1.165) is 54.0 Å². The van der Waals surface area contributed by atoms with E-state index in [1.165, 1.54) is 11.3 Å². The van der Waals surface area contributed by atoms with Crippen molar-refractivity contribution in [3.8, 4) is 5.75 Å². The number of aliphatic hydroxyl groups is 1. The molecule has 0 radical (unpaired) electrons. The smallest absolute Gasteiger partial charge is 0.230 e. The van der Waals surface area contributed by atoms with Crippen LogP contribution in [0.4, 0.5) is 5.13 Å². The molecular formula is C28H32N6O4S. The first-order valence-corrected chi connectivity index (χ1v) is 13.8. The maximum Gasteiger partial charge on any atom is 0.230 e. The van der Waals surface area contributed by atoms with Gasteiger partial charge in [-0.3, -0.25) is 9.59 Å². The molecule has 1 aliphatic heterocycles. The van der Waals surface area contributed by atoms with Crippen LogP contribution < -0.4 is 15.4 Å². The summed E-state index contributed by atoms with van der Waals surface area (Å²) in [5, 5.41) is 32.7. The van der Waals surface area contributed by atoms with E-state index >= 15 is 0 Å². The van der Waals surface area contributed by atoms with Crippen molar-refractivity contribution in [1.29, 1.82) is 0 Å². The number of aromatic nitrogens is 2. The molecule has 0 atom stereocenters. The van der Waals surface area contributed by atoms with Crippen molar-refractivity contribution < 1.29 is 19.4 Å². The van der Waals surface area contributed by atoms with E-state index in [0.29, 0.717) is 29.6 Å². The Bertz CT molecular complexity index is 1310. The van der Waals surface area contributed by atoms with Crippen molar-refractivity contribution in [2.24, 2.45) is 10.2 Å². The van der Waals surface area contributed by atoms with Crippen LogP contribution in [0.1, 0.15) is 48.2 Å². The molecule has 3 N–H and O–H groups in total. The van der Waals surface area contributed by atoms with Gasteiger partial charge in [0.05, 0.1) is 19.4 Å². The second-order valence-corrected chi connectivity index (χ2v) is 10.1. The van der Waals surface area contributed by atoms with Crippen molar-refractivity contribution in [3.63, 3.8) is 0 Å². The molecule has 3 aromatic rings. The number of benzene rings is 2. The first kappa shape index (κ1) is 28.1. The fourth-order valence-corrected chi connectivity index (χ4v) is 4.81. The highest BCUT2D eigenvalue weighted by Crippen LogP contribution is 2.19. The summed E-state index contributed by atoms with van der Waals surface area (Å²) in [7, 11) is 0. The van der Waals surface area contributed by atoms with Crippen LogP contribution in [-0.2, 0) is 28.9 Å². The quantitative estimate of drug-likeness (QED) is 0.279. The number of anilines is 1. The summed E-state index contributed by atoms with van der Waals surface area (Å²) in [5.74, 6) is 0.975. The Morgan fingerprint density at radius 2 is 1.64 bits per heavy atom. The number of amides is 2. The number of aliphatic hydroxyl groups excluding tert-OH is 1. The van der Waals surface area contributed by atoms with Gasteiger partial charge in [-0.1, -0.05) is 53.8 Å². The lowest BCUT2D eigenvalue weighted by molar-refractivity contribution is -0.119.